The number of benzene rings is 1. The van der Waals surface area contributed by atoms with Gasteiger partial charge in [0.1, 0.15) is 0 Å². The number of carbonyl (C=O) groups excluding carboxylic acids is 1. The van der Waals surface area contributed by atoms with Crippen molar-refractivity contribution in [3.8, 4) is 0 Å². The maximum absolute atomic E-state index is 11.9. The van der Waals surface area contributed by atoms with Crippen molar-refractivity contribution in [2.75, 3.05) is 7.05 Å². The largest absolute Gasteiger partial charge is 0.273 e. The Bertz CT molecular complexity index is 538. The molecule has 0 fully saturated rings. The zero-order valence-electron chi connectivity index (χ0n) is 7.90. The van der Waals surface area contributed by atoms with E-state index in [0.717, 1.165) is 4.31 Å². The summed E-state index contributed by atoms with van der Waals surface area (Å²) in [4.78, 5) is 11.6. The Morgan fingerprint density at radius 1 is 1.40 bits per heavy atom. The van der Waals surface area contributed by atoms with Crippen LogP contribution in [0.4, 0.5) is 0 Å². The van der Waals surface area contributed by atoms with Gasteiger partial charge in [-0.2, -0.15) is 0 Å². The van der Waals surface area contributed by atoms with E-state index in [2.05, 4.69) is 15.9 Å². The zero-order valence-corrected chi connectivity index (χ0v) is 10.3. The van der Waals surface area contributed by atoms with Gasteiger partial charge in [-0.05, 0) is 17.7 Å². The van der Waals surface area contributed by atoms with Crippen LogP contribution in [0.5, 0.6) is 0 Å². The second-order valence-corrected chi connectivity index (χ2v) is 6.15. The van der Waals surface area contributed by atoms with Crippen LogP contribution in [-0.2, 0) is 21.2 Å². The Morgan fingerprint density at radius 3 is 2.73 bits per heavy atom. The first kappa shape index (κ1) is 10.6. The molecule has 1 aliphatic rings. The molecule has 1 aromatic rings. The molecule has 0 aliphatic carbocycles. The van der Waals surface area contributed by atoms with Gasteiger partial charge >= 0.3 is 0 Å². The number of rotatable bonds is 0. The number of nitrogens with zero attached hydrogens (tertiary/aromatic N) is 1. The Hall–Kier alpha value is -0.880. The van der Waals surface area contributed by atoms with E-state index in [9.17, 15) is 13.2 Å². The van der Waals surface area contributed by atoms with Gasteiger partial charge in [-0.25, -0.2) is 12.7 Å². The molecule has 6 heteroatoms. The highest BCUT2D eigenvalue weighted by atomic mass is 79.9. The van der Waals surface area contributed by atoms with E-state index in [4.69, 9.17) is 0 Å². The Balaban J connectivity index is 2.73. The minimum Gasteiger partial charge on any atom is -0.273 e. The quantitative estimate of drug-likeness (QED) is 0.720. The molecular weight excluding hydrogens is 282 g/mol. The number of carbonyl (C=O) groups is 1. The molecule has 1 aliphatic heterocycles. The molecule has 4 nitrogen and oxygen atoms in total. The van der Waals surface area contributed by atoms with E-state index < -0.39 is 15.9 Å². The lowest BCUT2D eigenvalue weighted by molar-refractivity contribution is -0.125. The van der Waals surface area contributed by atoms with Gasteiger partial charge in [0.2, 0.25) is 5.91 Å². The lowest BCUT2D eigenvalue weighted by atomic mass is 10.1. The predicted molar refractivity (Wildman–Crippen MR) is 57.8 cm³/mol. The molecule has 0 atom stereocenters. The number of halogens is 1. The fourth-order valence-corrected chi connectivity index (χ4v) is 3.36. The fraction of sp³-hybridized carbons (Fsp3) is 0.222. The first-order valence-electron chi connectivity index (χ1n) is 4.23. The highest BCUT2D eigenvalue weighted by Gasteiger charge is 2.33. The van der Waals surface area contributed by atoms with E-state index >= 15 is 0 Å². The first-order valence-corrected chi connectivity index (χ1v) is 6.46. The molecule has 0 aromatic heterocycles. The van der Waals surface area contributed by atoms with Crippen LogP contribution in [0.25, 0.3) is 0 Å². The fourth-order valence-electron chi connectivity index (χ4n) is 1.47. The van der Waals surface area contributed by atoms with Gasteiger partial charge in [0.05, 0.1) is 11.3 Å². The molecular formula is C9H8BrNO3S. The molecule has 0 radical (unpaired) electrons. The van der Waals surface area contributed by atoms with E-state index in [0.29, 0.717) is 10.0 Å². The summed E-state index contributed by atoms with van der Waals surface area (Å²) in [5.41, 5.74) is 0.557. The van der Waals surface area contributed by atoms with E-state index in [1.165, 1.54) is 13.1 Å². The number of hydrogen-bond donors (Lipinski definition) is 0. The maximum Gasteiger partial charge on any atom is 0.266 e. The van der Waals surface area contributed by atoms with Crippen LogP contribution in [-0.4, -0.2) is 25.7 Å². The van der Waals surface area contributed by atoms with Crippen LogP contribution in [0.1, 0.15) is 5.56 Å². The molecule has 1 aromatic carbocycles. The van der Waals surface area contributed by atoms with Crippen LogP contribution in [0.15, 0.2) is 27.6 Å². The van der Waals surface area contributed by atoms with Gasteiger partial charge < -0.3 is 0 Å². The zero-order chi connectivity index (χ0) is 11.2. The number of hydrogen-bond acceptors (Lipinski definition) is 3. The number of fused-ring (bicyclic) bond motifs is 1. The van der Waals surface area contributed by atoms with Gasteiger partial charge in [0.15, 0.2) is 0 Å². The number of amides is 1. The minimum absolute atomic E-state index is 0.137. The predicted octanol–water partition coefficient (Wildman–Crippen LogP) is 1.15. The molecule has 0 bridgehead atoms. The summed E-state index contributed by atoms with van der Waals surface area (Å²) < 4.78 is 25.2. The summed E-state index contributed by atoms with van der Waals surface area (Å²) in [5, 5.41) is 0. The number of sulfonamides is 1. The summed E-state index contributed by atoms with van der Waals surface area (Å²) in [5.74, 6) is -0.398. The molecule has 0 spiro atoms. The van der Waals surface area contributed by atoms with Gasteiger partial charge in [-0.3, -0.25) is 4.79 Å². The first-order chi connectivity index (χ1) is 6.93. The Labute approximate surface area is 96.1 Å². The Kier molecular flexibility index (Phi) is 2.35. The lowest BCUT2D eigenvalue weighted by Gasteiger charge is -2.24. The van der Waals surface area contributed by atoms with Crippen molar-refractivity contribution in [3.05, 3.63) is 28.2 Å². The molecule has 1 heterocycles. The minimum atomic E-state index is -3.64. The smallest absolute Gasteiger partial charge is 0.266 e. The van der Waals surface area contributed by atoms with Crippen molar-refractivity contribution in [1.82, 2.24) is 4.31 Å². The van der Waals surface area contributed by atoms with Gasteiger partial charge in [0, 0.05) is 11.5 Å². The molecule has 1 amide bonds. The van der Waals surface area contributed by atoms with E-state index in [1.54, 1.807) is 12.1 Å². The van der Waals surface area contributed by atoms with Crippen LogP contribution in [0, 0.1) is 0 Å². The van der Waals surface area contributed by atoms with Gasteiger partial charge in [-0.1, -0.05) is 22.0 Å². The average molecular weight is 290 g/mol. The highest BCUT2D eigenvalue weighted by Crippen LogP contribution is 2.28. The molecule has 0 unspecified atom stereocenters. The third kappa shape index (κ3) is 1.57. The SMILES string of the molecule is CN1C(=O)Cc2ccc(Br)cc2S1(=O)=O. The second-order valence-electron chi connectivity index (χ2n) is 3.30. The van der Waals surface area contributed by atoms with Gasteiger partial charge in [-0.15, -0.1) is 0 Å². The Morgan fingerprint density at radius 2 is 2.07 bits per heavy atom. The summed E-state index contributed by atoms with van der Waals surface area (Å²) >= 11 is 3.21. The van der Waals surface area contributed by atoms with Gasteiger partial charge in [0.25, 0.3) is 10.0 Å². The monoisotopic (exact) mass is 289 g/mol. The van der Waals surface area contributed by atoms with Crippen molar-refractivity contribution in [2.24, 2.45) is 0 Å². The third-order valence-corrected chi connectivity index (χ3v) is 4.71. The van der Waals surface area contributed by atoms with Crippen molar-refractivity contribution in [1.29, 1.82) is 0 Å². The average Bonchev–Trinajstić information content (AvgIpc) is 2.17. The van der Waals surface area contributed by atoms with Crippen molar-refractivity contribution >= 4 is 31.9 Å². The molecule has 0 saturated carbocycles. The van der Waals surface area contributed by atoms with E-state index in [-0.39, 0.29) is 11.3 Å². The second kappa shape index (κ2) is 3.31. The molecule has 0 N–H and O–H groups in total. The number of likely N-dealkylation sites (N-methyl/N-ethyl adjacent to an activating group) is 1. The summed E-state index contributed by atoms with van der Waals surface area (Å²) in [6.07, 6.45) is 0.137. The third-order valence-electron chi connectivity index (χ3n) is 2.36. The van der Waals surface area contributed by atoms with Crippen LogP contribution >= 0.6 is 15.9 Å². The van der Waals surface area contributed by atoms with Crippen molar-refractivity contribution in [3.63, 3.8) is 0 Å². The van der Waals surface area contributed by atoms with E-state index in [1.807, 2.05) is 0 Å². The molecule has 80 valence electrons. The molecule has 15 heavy (non-hydrogen) atoms. The standard InChI is InChI=1S/C9H8BrNO3S/c1-11-9(12)4-6-2-3-7(10)5-8(6)15(11,13)14/h2-3,5H,4H2,1H3. The normalized spacial score (nSPS) is 18.8. The summed E-state index contributed by atoms with van der Waals surface area (Å²) in [6, 6.07) is 4.91. The summed E-state index contributed by atoms with van der Waals surface area (Å²) in [7, 11) is -2.36. The van der Waals surface area contributed by atoms with Crippen LogP contribution in [0.2, 0.25) is 0 Å². The van der Waals surface area contributed by atoms with Crippen LogP contribution < -0.4 is 0 Å². The van der Waals surface area contributed by atoms with Crippen molar-refractivity contribution < 1.29 is 13.2 Å². The molecule has 0 saturated heterocycles. The summed E-state index contributed by atoms with van der Waals surface area (Å²) in [6.45, 7) is 0. The van der Waals surface area contributed by atoms with Crippen molar-refractivity contribution in [2.45, 2.75) is 11.3 Å². The molecule has 2 rings (SSSR count). The lowest BCUT2D eigenvalue weighted by Crippen LogP contribution is -2.38. The highest BCUT2D eigenvalue weighted by molar-refractivity contribution is 9.10. The van der Waals surface area contributed by atoms with Crippen LogP contribution in [0.3, 0.4) is 0 Å². The maximum atomic E-state index is 11.9. The topological polar surface area (TPSA) is 54.5 Å².